The highest BCUT2D eigenvalue weighted by molar-refractivity contribution is 6.34. The van der Waals surface area contributed by atoms with Crippen LogP contribution in [0.2, 0.25) is 0 Å². The Labute approximate surface area is 165 Å². The monoisotopic (exact) mass is 368 g/mol. The molecule has 0 saturated carbocycles. The number of benzene rings is 3. The Kier molecular flexibility index (Phi) is 4.46. The molecule has 3 heteroatoms. The smallest absolute Gasteiger partial charge is 0.256 e. The van der Waals surface area contributed by atoms with Gasteiger partial charge in [0.25, 0.3) is 5.91 Å². The molecule has 0 radical (unpaired) electrons. The molecule has 1 aliphatic heterocycles. The minimum atomic E-state index is -0.0486. The van der Waals surface area contributed by atoms with Crippen molar-refractivity contribution in [3.05, 3.63) is 77.4 Å². The van der Waals surface area contributed by atoms with Crippen molar-refractivity contribution in [3.63, 3.8) is 0 Å². The Balaban J connectivity index is 1.31. The van der Waals surface area contributed by atoms with Crippen molar-refractivity contribution < 1.29 is 4.79 Å². The van der Waals surface area contributed by atoms with Crippen LogP contribution in [0.1, 0.15) is 36.0 Å². The lowest BCUT2D eigenvalue weighted by molar-refractivity contribution is -0.111. The third-order valence-electron chi connectivity index (χ3n) is 5.84. The summed E-state index contributed by atoms with van der Waals surface area (Å²) in [5.74, 6) is -0.0486. The lowest BCUT2D eigenvalue weighted by Gasteiger charge is -2.26. The summed E-state index contributed by atoms with van der Waals surface area (Å²) in [7, 11) is 0. The number of hydrogen-bond acceptors (Lipinski definition) is 2. The quantitative estimate of drug-likeness (QED) is 0.676. The number of amides is 1. The Morgan fingerprint density at radius 3 is 2.43 bits per heavy atom. The molecular weight excluding hydrogens is 344 g/mol. The van der Waals surface area contributed by atoms with Crippen LogP contribution >= 0.6 is 0 Å². The minimum absolute atomic E-state index is 0.0486. The Morgan fingerprint density at radius 2 is 1.64 bits per heavy atom. The zero-order chi connectivity index (χ0) is 18.9. The predicted octanol–water partition coefficient (Wildman–Crippen LogP) is 5.32. The predicted molar refractivity (Wildman–Crippen MR) is 116 cm³/mol. The van der Waals surface area contributed by atoms with Gasteiger partial charge in [-0.15, -0.1) is 0 Å². The number of nitrogens with zero attached hydrogens (tertiary/aromatic N) is 1. The van der Waals surface area contributed by atoms with Gasteiger partial charge < -0.3 is 5.32 Å². The molecule has 28 heavy (non-hydrogen) atoms. The highest BCUT2D eigenvalue weighted by Gasteiger charge is 2.21. The van der Waals surface area contributed by atoms with Crippen LogP contribution in [0.25, 0.3) is 22.4 Å². The number of likely N-dealkylation sites (tertiary alicyclic amines) is 1. The Bertz CT molecular complexity index is 1050. The van der Waals surface area contributed by atoms with Crippen molar-refractivity contribution in [2.45, 2.75) is 25.8 Å². The summed E-state index contributed by atoms with van der Waals surface area (Å²) < 4.78 is 0. The highest BCUT2D eigenvalue weighted by Crippen LogP contribution is 2.36. The molecule has 1 fully saturated rings. The average Bonchev–Trinajstić information content (AvgIpc) is 3.11. The SMILES string of the molecule is O=C(Nc1ccc(CN2CCCCC2)cc1)C1=Cc2cccc3cccc1c23. The molecule has 1 saturated heterocycles. The molecule has 1 amide bonds. The first-order valence-electron chi connectivity index (χ1n) is 10.1. The maximum absolute atomic E-state index is 12.9. The number of hydrogen-bond donors (Lipinski definition) is 1. The van der Waals surface area contributed by atoms with Crippen LogP contribution in [-0.2, 0) is 11.3 Å². The zero-order valence-electron chi connectivity index (χ0n) is 15.9. The van der Waals surface area contributed by atoms with Gasteiger partial charge in [-0.2, -0.15) is 0 Å². The minimum Gasteiger partial charge on any atom is -0.322 e. The van der Waals surface area contributed by atoms with Crippen LogP contribution in [0.15, 0.2) is 60.7 Å². The number of nitrogens with one attached hydrogen (secondary N) is 1. The van der Waals surface area contributed by atoms with E-state index in [1.54, 1.807) is 0 Å². The van der Waals surface area contributed by atoms with E-state index in [2.05, 4.69) is 40.5 Å². The normalized spacial score (nSPS) is 16.2. The molecule has 1 N–H and O–H groups in total. The molecule has 0 bridgehead atoms. The lowest BCUT2D eigenvalue weighted by atomic mass is 10.0. The second-order valence-corrected chi connectivity index (χ2v) is 7.80. The third kappa shape index (κ3) is 3.23. The average molecular weight is 368 g/mol. The Hall–Kier alpha value is -2.91. The van der Waals surface area contributed by atoms with Crippen LogP contribution in [-0.4, -0.2) is 23.9 Å². The number of anilines is 1. The van der Waals surface area contributed by atoms with E-state index >= 15 is 0 Å². The Morgan fingerprint density at radius 1 is 0.893 bits per heavy atom. The summed E-state index contributed by atoms with van der Waals surface area (Å²) in [6.07, 6.45) is 5.96. The lowest BCUT2D eigenvalue weighted by Crippen LogP contribution is -2.29. The van der Waals surface area contributed by atoms with E-state index in [0.29, 0.717) is 0 Å². The summed E-state index contributed by atoms with van der Waals surface area (Å²) in [5.41, 5.74) is 5.03. The van der Waals surface area contributed by atoms with E-state index in [0.717, 1.165) is 28.9 Å². The summed E-state index contributed by atoms with van der Waals surface area (Å²) in [6, 6.07) is 20.6. The van der Waals surface area contributed by atoms with Crippen molar-refractivity contribution in [1.29, 1.82) is 0 Å². The van der Waals surface area contributed by atoms with E-state index in [-0.39, 0.29) is 5.91 Å². The van der Waals surface area contributed by atoms with E-state index in [9.17, 15) is 4.79 Å². The van der Waals surface area contributed by atoms with Gasteiger partial charge in [-0.1, -0.05) is 55.0 Å². The van der Waals surface area contributed by atoms with Crippen molar-refractivity contribution in [2.24, 2.45) is 0 Å². The number of carbonyl (C=O) groups is 1. The van der Waals surface area contributed by atoms with Crippen molar-refractivity contribution >= 4 is 34.0 Å². The fourth-order valence-electron chi connectivity index (χ4n) is 4.40. The summed E-state index contributed by atoms with van der Waals surface area (Å²) in [5, 5.41) is 5.42. The fourth-order valence-corrected chi connectivity index (χ4v) is 4.40. The van der Waals surface area contributed by atoms with Crippen LogP contribution in [0.4, 0.5) is 5.69 Å². The summed E-state index contributed by atoms with van der Waals surface area (Å²) >= 11 is 0. The van der Waals surface area contributed by atoms with Crippen LogP contribution in [0.3, 0.4) is 0 Å². The van der Waals surface area contributed by atoms with E-state index in [4.69, 9.17) is 0 Å². The molecule has 2 aliphatic rings. The topological polar surface area (TPSA) is 32.3 Å². The van der Waals surface area contributed by atoms with Gasteiger partial charge in [0, 0.05) is 17.8 Å². The van der Waals surface area contributed by atoms with Crippen molar-refractivity contribution in [1.82, 2.24) is 4.90 Å². The largest absolute Gasteiger partial charge is 0.322 e. The molecule has 1 heterocycles. The molecule has 3 aromatic carbocycles. The van der Waals surface area contributed by atoms with E-state index < -0.39 is 0 Å². The van der Waals surface area contributed by atoms with Gasteiger partial charge in [-0.25, -0.2) is 0 Å². The van der Waals surface area contributed by atoms with Crippen LogP contribution in [0.5, 0.6) is 0 Å². The molecule has 140 valence electrons. The molecule has 5 rings (SSSR count). The molecule has 3 nitrogen and oxygen atoms in total. The second kappa shape index (κ2) is 7.25. The van der Waals surface area contributed by atoms with Gasteiger partial charge in [0.1, 0.15) is 0 Å². The molecule has 0 aromatic heterocycles. The van der Waals surface area contributed by atoms with Gasteiger partial charge in [0.2, 0.25) is 0 Å². The molecule has 0 spiro atoms. The standard InChI is InChI=1S/C25H24N2O/c28-25(23-16-20-8-4-6-19-7-5-9-22(23)24(19)20)26-21-12-10-18(11-13-21)17-27-14-2-1-3-15-27/h4-13,16H,1-3,14-15,17H2,(H,26,28). The third-order valence-corrected chi connectivity index (χ3v) is 5.84. The van der Waals surface area contributed by atoms with Gasteiger partial charge >= 0.3 is 0 Å². The van der Waals surface area contributed by atoms with Gasteiger partial charge in [0.05, 0.1) is 0 Å². The first-order valence-corrected chi connectivity index (χ1v) is 10.1. The first-order chi connectivity index (χ1) is 13.8. The van der Waals surface area contributed by atoms with Crippen LogP contribution < -0.4 is 5.32 Å². The number of carbonyl (C=O) groups excluding carboxylic acids is 1. The van der Waals surface area contributed by atoms with Crippen molar-refractivity contribution in [3.8, 4) is 0 Å². The molecule has 0 atom stereocenters. The fraction of sp³-hybridized carbons (Fsp3) is 0.240. The highest BCUT2D eigenvalue weighted by atomic mass is 16.1. The van der Waals surface area contributed by atoms with Gasteiger partial charge in [-0.05, 0) is 71.6 Å². The van der Waals surface area contributed by atoms with Crippen molar-refractivity contribution in [2.75, 3.05) is 18.4 Å². The molecule has 0 unspecified atom stereocenters. The summed E-state index contributed by atoms with van der Waals surface area (Å²) in [6.45, 7) is 3.38. The maximum Gasteiger partial charge on any atom is 0.256 e. The van der Waals surface area contributed by atoms with Gasteiger partial charge in [0.15, 0.2) is 0 Å². The van der Waals surface area contributed by atoms with E-state index in [1.807, 2.05) is 36.4 Å². The van der Waals surface area contributed by atoms with Gasteiger partial charge in [-0.3, -0.25) is 9.69 Å². The first kappa shape index (κ1) is 17.2. The van der Waals surface area contributed by atoms with E-state index in [1.165, 1.54) is 48.7 Å². The molecular formula is C25H24N2O. The molecule has 1 aliphatic carbocycles. The molecule has 3 aromatic rings. The zero-order valence-corrected chi connectivity index (χ0v) is 15.9. The second-order valence-electron chi connectivity index (χ2n) is 7.80. The number of piperidine rings is 1. The van der Waals surface area contributed by atoms with Crippen LogP contribution in [0, 0.1) is 0 Å². The summed E-state index contributed by atoms with van der Waals surface area (Å²) in [4.78, 5) is 15.4. The maximum atomic E-state index is 12.9. The number of rotatable bonds is 4.